The summed E-state index contributed by atoms with van der Waals surface area (Å²) in [4.78, 5) is 5.34. The van der Waals surface area contributed by atoms with Crippen LogP contribution in [0.3, 0.4) is 0 Å². The topological polar surface area (TPSA) is 52.0 Å². The molecule has 0 saturated heterocycles. The van der Waals surface area contributed by atoms with Crippen LogP contribution in [0.2, 0.25) is 0 Å². The van der Waals surface area contributed by atoms with Crippen molar-refractivity contribution < 1.29 is 4.74 Å². The van der Waals surface area contributed by atoms with Gasteiger partial charge in [-0.25, -0.2) is 0 Å². The van der Waals surface area contributed by atoms with Crippen LogP contribution < -0.4 is 5.32 Å². The van der Waals surface area contributed by atoms with Gasteiger partial charge < -0.3 is 10.1 Å². The highest BCUT2D eigenvalue weighted by molar-refractivity contribution is 7.09. The number of ether oxygens (including phenoxy) is 1. The minimum absolute atomic E-state index is 0.708. The van der Waals surface area contributed by atoms with Gasteiger partial charge in [0.25, 0.3) is 0 Å². The molecule has 110 valence electrons. The molecular formula is C15H18N4OS. The van der Waals surface area contributed by atoms with Crippen LogP contribution in [0.15, 0.2) is 36.0 Å². The largest absolute Gasteiger partial charge is 0.383 e. The number of para-hydroxylation sites is 1. The van der Waals surface area contributed by atoms with Crippen LogP contribution in [-0.2, 0) is 17.8 Å². The average molecular weight is 302 g/mol. The molecule has 0 radical (unpaired) electrons. The number of hydrogen-bond acceptors (Lipinski definition) is 5. The fourth-order valence-corrected chi connectivity index (χ4v) is 2.87. The molecule has 21 heavy (non-hydrogen) atoms. The summed E-state index contributed by atoms with van der Waals surface area (Å²) in [6.45, 7) is 3.05. The fraction of sp³-hybridized carbons (Fsp3) is 0.333. The SMILES string of the molecule is COCCNCc1nn(Cc2cncs2)c2ccccc12. The van der Waals surface area contributed by atoms with E-state index in [0.29, 0.717) is 6.61 Å². The van der Waals surface area contributed by atoms with E-state index in [-0.39, 0.29) is 0 Å². The Morgan fingerprint density at radius 1 is 1.33 bits per heavy atom. The number of benzene rings is 1. The van der Waals surface area contributed by atoms with Crippen LogP contribution in [0.1, 0.15) is 10.6 Å². The molecule has 0 bridgehead atoms. The molecule has 6 heteroatoms. The van der Waals surface area contributed by atoms with Gasteiger partial charge >= 0.3 is 0 Å². The summed E-state index contributed by atoms with van der Waals surface area (Å²) in [5.74, 6) is 0. The molecule has 0 saturated carbocycles. The number of nitrogens with zero attached hydrogens (tertiary/aromatic N) is 3. The van der Waals surface area contributed by atoms with Crippen molar-refractivity contribution in [3.63, 3.8) is 0 Å². The average Bonchev–Trinajstić information content (AvgIpc) is 3.13. The smallest absolute Gasteiger partial charge is 0.0841 e. The van der Waals surface area contributed by atoms with E-state index in [9.17, 15) is 0 Å². The molecule has 0 fully saturated rings. The van der Waals surface area contributed by atoms with Crippen LogP contribution in [-0.4, -0.2) is 35.0 Å². The molecule has 0 amide bonds. The molecule has 3 aromatic rings. The van der Waals surface area contributed by atoms with Crippen LogP contribution >= 0.6 is 11.3 Å². The number of aromatic nitrogens is 3. The molecule has 0 spiro atoms. The summed E-state index contributed by atoms with van der Waals surface area (Å²) < 4.78 is 7.10. The van der Waals surface area contributed by atoms with Crippen LogP contribution in [0, 0.1) is 0 Å². The highest BCUT2D eigenvalue weighted by Gasteiger charge is 2.10. The van der Waals surface area contributed by atoms with E-state index in [1.54, 1.807) is 18.4 Å². The molecule has 0 atom stereocenters. The summed E-state index contributed by atoms with van der Waals surface area (Å²) in [6, 6.07) is 8.34. The van der Waals surface area contributed by atoms with Crippen molar-refractivity contribution >= 4 is 22.2 Å². The Morgan fingerprint density at radius 2 is 2.24 bits per heavy atom. The van der Waals surface area contributed by atoms with E-state index in [0.717, 1.165) is 30.8 Å². The van der Waals surface area contributed by atoms with Gasteiger partial charge in [0.05, 0.1) is 29.9 Å². The predicted octanol–water partition coefficient (Wildman–Crippen LogP) is 2.28. The summed E-state index contributed by atoms with van der Waals surface area (Å²) in [6.07, 6.45) is 1.90. The number of nitrogens with one attached hydrogen (secondary N) is 1. The van der Waals surface area contributed by atoms with Crippen molar-refractivity contribution in [1.29, 1.82) is 0 Å². The van der Waals surface area contributed by atoms with Gasteiger partial charge in [-0.15, -0.1) is 11.3 Å². The van der Waals surface area contributed by atoms with Gasteiger partial charge in [-0.2, -0.15) is 5.10 Å². The lowest BCUT2D eigenvalue weighted by atomic mass is 10.2. The molecule has 0 aliphatic rings. The van der Waals surface area contributed by atoms with E-state index < -0.39 is 0 Å². The van der Waals surface area contributed by atoms with Gasteiger partial charge in [0.15, 0.2) is 0 Å². The quantitative estimate of drug-likeness (QED) is 0.680. The summed E-state index contributed by atoms with van der Waals surface area (Å²) in [5.41, 5.74) is 4.09. The Balaban J connectivity index is 1.83. The Morgan fingerprint density at radius 3 is 3.05 bits per heavy atom. The molecule has 0 aliphatic heterocycles. The van der Waals surface area contributed by atoms with E-state index in [4.69, 9.17) is 9.84 Å². The monoisotopic (exact) mass is 302 g/mol. The number of methoxy groups -OCH3 is 1. The number of rotatable bonds is 7. The minimum atomic E-state index is 0.708. The van der Waals surface area contributed by atoms with E-state index >= 15 is 0 Å². The third-order valence-electron chi connectivity index (χ3n) is 3.30. The molecule has 3 rings (SSSR count). The van der Waals surface area contributed by atoms with Crippen molar-refractivity contribution in [1.82, 2.24) is 20.1 Å². The molecule has 1 aromatic carbocycles. The first-order chi connectivity index (χ1) is 10.4. The second-order valence-corrected chi connectivity index (χ2v) is 5.73. The van der Waals surface area contributed by atoms with Gasteiger partial charge in [0.2, 0.25) is 0 Å². The van der Waals surface area contributed by atoms with Crippen molar-refractivity contribution in [2.24, 2.45) is 0 Å². The third-order valence-corrected chi connectivity index (χ3v) is 4.06. The maximum absolute atomic E-state index is 5.05. The Kier molecular flexibility index (Phi) is 4.59. The Labute approximate surface area is 127 Å². The van der Waals surface area contributed by atoms with Crippen molar-refractivity contribution in [3.05, 3.63) is 46.5 Å². The van der Waals surface area contributed by atoms with Crippen LogP contribution in [0.5, 0.6) is 0 Å². The normalized spacial score (nSPS) is 11.3. The van der Waals surface area contributed by atoms with Crippen molar-refractivity contribution in [2.45, 2.75) is 13.1 Å². The first-order valence-corrected chi connectivity index (χ1v) is 7.78. The molecule has 0 aliphatic carbocycles. The Bertz CT molecular complexity index is 693. The molecular weight excluding hydrogens is 284 g/mol. The van der Waals surface area contributed by atoms with Crippen LogP contribution in [0.25, 0.3) is 10.9 Å². The lowest BCUT2D eigenvalue weighted by Gasteiger charge is -2.01. The fourth-order valence-electron chi connectivity index (χ4n) is 2.30. The van der Waals surface area contributed by atoms with Crippen LogP contribution in [0.4, 0.5) is 0 Å². The lowest BCUT2D eigenvalue weighted by Crippen LogP contribution is -2.19. The molecule has 5 nitrogen and oxygen atoms in total. The molecule has 2 aromatic heterocycles. The predicted molar refractivity (Wildman–Crippen MR) is 84.5 cm³/mol. The van der Waals surface area contributed by atoms with Crippen molar-refractivity contribution in [2.75, 3.05) is 20.3 Å². The van der Waals surface area contributed by atoms with Crippen molar-refractivity contribution in [3.8, 4) is 0 Å². The molecule has 2 heterocycles. The van der Waals surface area contributed by atoms with E-state index in [1.807, 2.05) is 11.7 Å². The summed E-state index contributed by atoms with van der Waals surface area (Å²) in [7, 11) is 1.71. The second kappa shape index (κ2) is 6.80. The maximum Gasteiger partial charge on any atom is 0.0841 e. The first-order valence-electron chi connectivity index (χ1n) is 6.90. The second-order valence-electron chi connectivity index (χ2n) is 4.76. The number of fused-ring (bicyclic) bond motifs is 1. The maximum atomic E-state index is 5.05. The van der Waals surface area contributed by atoms with Gasteiger partial charge in [0, 0.05) is 36.7 Å². The summed E-state index contributed by atoms with van der Waals surface area (Å²) >= 11 is 1.66. The van der Waals surface area contributed by atoms with E-state index in [1.165, 1.54) is 10.3 Å². The summed E-state index contributed by atoms with van der Waals surface area (Å²) in [5, 5.41) is 9.31. The lowest BCUT2D eigenvalue weighted by molar-refractivity contribution is 0.199. The van der Waals surface area contributed by atoms with Gasteiger partial charge in [-0.3, -0.25) is 9.67 Å². The highest BCUT2D eigenvalue weighted by Crippen LogP contribution is 2.20. The molecule has 1 N–H and O–H groups in total. The van der Waals surface area contributed by atoms with E-state index in [2.05, 4.69) is 39.2 Å². The highest BCUT2D eigenvalue weighted by atomic mass is 32.1. The standard InChI is InChI=1S/C15H18N4OS/c1-20-7-6-16-9-14-13-4-2-3-5-15(13)19(18-14)10-12-8-17-11-21-12/h2-5,8,11,16H,6-7,9-10H2,1H3. The minimum Gasteiger partial charge on any atom is -0.383 e. The Hall–Kier alpha value is -1.76. The zero-order valence-electron chi connectivity index (χ0n) is 12.0. The van der Waals surface area contributed by atoms with Gasteiger partial charge in [-0.1, -0.05) is 18.2 Å². The number of thiazole rings is 1. The number of hydrogen-bond donors (Lipinski definition) is 1. The first kappa shape index (κ1) is 14.2. The zero-order valence-corrected chi connectivity index (χ0v) is 12.8. The van der Waals surface area contributed by atoms with Gasteiger partial charge in [-0.05, 0) is 6.07 Å². The third kappa shape index (κ3) is 3.29. The van der Waals surface area contributed by atoms with Gasteiger partial charge in [0.1, 0.15) is 0 Å². The molecule has 0 unspecified atom stereocenters. The zero-order chi connectivity index (χ0) is 14.5.